The summed E-state index contributed by atoms with van der Waals surface area (Å²) in [6.45, 7) is 1.62. The number of allylic oxidation sites excluding steroid dienone is 1. The van der Waals surface area contributed by atoms with Gasteiger partial charge in [0.1, 0.15) is 5.75 Å². The molecule has 0 saturated heterocycles. The second-order valence-electron chi connectivity index (χ2n) is 2.49. The van der Waals surface area contributed by atoms with Crippen molar-refractivity contribution in [1.29, 1.82) is 0 Å². The van der Waals surface area contributed by atoms with E-state index in [1.54, 1.807) is 19.1 Å². The average molecular weight is 304 g/mol. The molecule has 1 N–H and O–H groups in total. The quantitative estimate of drug-likeness (QED) is 0.530. The summed E-state index contributed by atoms with van der Waals surface area (Å²) in [4.78, 5) is 10.7. The Morgan fingerprint density at radius 3 is 2.64 bits per heavy atom. The molecule has 1 rings (SSSR count). The van der Waals surface area contributed by atoms with Crippen LogP contribution in [0.5, 0.6) is 5.75 Å². The molecule has 0 unspecified atom stereocenters. The molecule has 0 aliphatic rings. The van der Waals surface area contributed by atoms with Gasteiger partial charge in [-0.3, -0.25) is 0 Å². The summed E-state index contributed by atoms with van der Waals surface area (Å²) in [5.41, 5.74) is 0. The van der Waals surface area contributed by atoms with E-state index in [4.69, 9.17) is 9.84 Å². The van der Waals surface area contributed by atoms with Crippen LogP contribution in [0.3, 0.4) is 0 Å². The standard InChI is InChI=1S/C10H9IO3/c1-2-8(10(12)13)14-9-6-4-3-5-7(9)11/h2-6H,1H3,(H,12,13)/b8-2-. The Labute approximate surface area is 95.5 Å². The average Bonchev–Trinajstić information content (AvgIpc) is 2.16. The van der Waals surface area contributed by atoms with E-state index in [9.17, 15) is 4.79 Å². The van der Waals surface area contributed by atoms with Gasteiger partial charge in [0, 0.05) is 0 Å². The number of para-hydroxylation sites is 1. The van der Waals surface area contributed by atoms with Gasteiger partial charge in [0.15, 0.2) is 0 Å². The zero-order valence-corrected chi connectivity index (χ0v) is 9.69. The summed E-state index contributed by atoms with van der Waals surface area (Å²) < 4.78 is 6.09. The Kier molecular flexibility index (Phi) is 3.94. The first kappa shape index (κ1) is 11.0. The van der Waals surface area contributed by atoms with Gasteiger partial charge in [0.2, 0.25) is 5.76 Å². The van der Waals surface area contributed by atoms with Crippen molar-refractivity contribution in [1.82, 2.24) is 0 Å². The van der Waals surface area contributed by atoms with Crippen LogP contribution in [0.25, 0.3) is 0 Å². The number of carboxylic acids is 1. The Balaban J connectivity index is 2.88. The maximum absolute atomic E-state index is 10.7. The third kappa shape index (κ3) is 2.73. The van der Waals surface area contributed by atoms with Crippen molar-refractivity contribution in [2.75, 3.05) is 0 Å². The minimum absolute atomic E-state index is 0.0610. The molecule has 1 aromatic rings. The van der Waals surface area contributed by atoms with E-state index in [0.29, 0.717) is 5.75 Å². The predicted octanol–water partition coefficient (Wildman–Crippen LogP) is 2.66. The van der Waals surface area contributed by atoms with Crippen molar-refractivity contribution in [3.05, 3.63) is 39.7 Å². The largest absolute Gasteiger partial charge is 0.475 e. The van der Waals surface area contributed by atoms with Crippen LogP contribution in [0.4, 0.5) is 0 Å². The first-order valence-electron chi connectivity index (χ1n) is 3.97. The van der Waals surface area contributed by atoms with Gasteiger partial charge < -0.3 is 9.84 Å². The smallest absolute Gasteiger partial charge is 0.371 e. The molecule has 0 radical (unpaired) electrons. The fourth-order valence-electron chi connectivity index (χ4n) is 0.872. The van der Waals surface area contributed by atoms with Gasteiger partial charge in [-0.2, -0.15) is 0 Å². The first-order valence-corrected chi connectivity index (χ1v) is 5.05. The summed E-state index contributed by atoms with van der Waals surface area (Å²) in [6.07, 6.45) is 1.42. The second-order valence-corrected chi connectivity index (χ2v) is 3.65. The number of rotatable bonds is 3. The monoisotopic (exact) mass is 304 g/mol. The van der Waals surface area contributed by atoms with E-state index in [1.165, 1.54) is 6.08 Å². The maximum atomic E-state index is 10.7. The number of hydrogen-bond acceptors (Lipinski definition) is 2. The number of carbonyl (C=O) groups is 1. The van der Waals surface area contributed by atoms with Crippen LogP contribution in [0.15, 0.2) is 36.1 Å². The van der Waals surface area contributed by atoms with E-state index < -0.39 is 5.97 Å². The number of halogens is 1. The SMILES string of the molecule is C/C=C(\Oc1ccccc1I)C(=O)O. The van der Waals surface area contributed by atoms with Crippen molar-refractivity contribution >= 4 is 28.6 Å². The van der Waals surface area contributed by atoms with E-state index in [1.807, 2.05) is 12.1 Å². The summed E-state index contributed by atoms with van der Waals surface area (Å²) in [6, 6.07) is 7.25. The molecular formula is C10H9IO3. The lowest BCUT2D eigenvalue weighted by atomic mass is 10.3. The Bertz CT molecular complexity index is 371. The van der Waals surface area contributed by atoms with Crippen LogP contribution >= 0.6 is 22.6 Å². The van der Waals surface area contributed by atoms with Crippen LogP contribution in [0.2, 0.25) is 0 Å². The molecule has 0 heterocycles. The summed E-state index contributed by atoms with van der Waals surface area (Å²) >= 11 is 2.09. The molecule has 1 aromatic carbocycles. The molecule has 3 nitrogen and oxygen atoms in total. The highest BCUT2D eigenvalue weighted by Crippen LogP contribution is 2.21. The molecule has 14 heavy (non-hydrogen) atoms. The van der Waals surface area contributed by atoms with Crippen LogP contribution in [-0.2, 0) is 4.79 Å². The Morgan fingerprint density at radius 1 is 1.50 bits per heavy atom. The highest BCUT2D eigenvalue weighted by Gasteiger charge is 2.09. The lowest BCUT2D eigenvalue weighted by Gasteiger charge is -2.06. The van der Waals surface area contributed by atoms with Crippen LogP contribution in [-0.4, -0.2) is 11.1 Å². The van der Waals surface area contributed by atoms with Gasteiger partial charge in [-0.1, -0.05) is 12.1 Å². The zero-order chi connectivity index (χ0) is 10.6. The first-order chi connectivity index (χ1) is 6.65. The van der Waals surface area contributed by atoms with Crippen LogP contribution in [0.1, 0.15) is 6.92 Å². The lowest BCUT2D eigenvalue weighted by Crippen LogP contribution is -2.07. The summed E-state index contributed by atoms with van der Waals surface area (Å²) in [7, 11) is 0. The zero-order valence-electron chi connectivity index (χ0n) is 7.53. The lowest BCUT2D eigenvalue weighted by molar-refractivity contribution is -0.135. The third-order valence-electron chi connectivity index (χ3n) is 1.53. The van der Waals surface area contributed by atoms with Gasteiger partial charge in [0.25, 0.3) is 0 Å². The summed E-state index contributed by atoms with van der Waals surface area (Å²) in [5, 5.41) is 8.73. The highest BCUT2D eigenvalue weighted by atomic mass is 127. The van der Waals surface area contributed by atoms with E-state index in [0.717, 1.165) is 3.57 Å². The minimum Gasteiger partial charge on any atom is -0.475 e. The van der Waals surface area contributed by atoms with Gasteiger partial charge in [0.05, 0.1) is 3.57 Å². The van der Waals surface area contributed by atoms with Crippen molar-refractivity contribution in [2.45, 2.75) is 6.92 Å². The number of aliphatic carboxylic acids is 1. The predicted molar refractivity (Wildman–Crippen MR) is 61.2 cm³/mol. The molecule has 0 spiro atoms. The molecule has 0 saturated carbocycles. The van der Waals surface area contributed by atoms with Crippen molar-refractivity contribution in [3.8, 4) is 5.75 Å². The number of hydrogen-bond donors (Lipinski definition) is 1. The van der Waals surface area contributed by atoms with Crippen LogP contribution in [0, 0.1) is 3.57 Å². The number of benzene rings is 1. The van der Waals surface area contributed by atoms with Crippen molar-refractivity contribution < 1.29 is 14.6 Å². The van der Waals surface area contributed by atoms with E-state index >= 15 is 0 Å². The Morgan fingerprint density at radius 2 is 2.14 bits per heavy atom. The van der Waals surface area contributed by atoms with Gasteiger partial charge >= 0.3 is 5.97 Å². The van der Waals surface area contributed by atoms with Gasteiger partial charge in [-0.15, -0.1) is 0 Å². The molecule has 0 bridgehead atoms. The number of ether oxygens (including phenoxy) is 1. The van der Waals surface area contributed by atoms with E-state index in [-0.39, 0.29) is 5.76 Å². The maximum Gasteiger partial charge on any atom is 0.371 e. The van der Waals surface area contributed by atoms with Gasteiger partial charge in [-0.05, 0) is 47.7 Å². The molecule has 0 atom stereocenters. The molecule has 0 aliphatic heterocycles. The third-order valence-corrected chi connectivity index (χ3v) is 2.42. The highest BCUT2D eigenvalue weighted by molar-refractivity contribution is 14.1. The van der Waals surface area contributed by atoms with E-state index in [2.05, 4.69) is 22.6 Å². The molecule has 0 aliphatic carbocycles. The fraction of sp³-hybridized carbons (Fsp3) is 0.100. The molecule has 4 heteroatoms. The molecular weight excluding hydrogens is 295 g/mol. The number of carboxylic acid groups (broad SMARTS) is 1. The van der Waals surface area contributed by atoms with Gasteiger partial charge in [-0.25, -0.2) is 4.79 Å². The molecule has 0 fully saturated rings. The topological polar surface area (TPSA) is 46.5 Å². The second kappa shape index (κ2) is 4.99. The fourth-order valence-corrected chi connectivity index (χ4v) is 1.37. The van der Waals surface area contributed by atoms with Crippen molar-refractivity contribution in [2.24, 2.45) is 0 Å². The minimum atomic E-state index is -1.06. The Hall–Kier alpha value is -1.04. The van der Waals surface area contributed by atoms with Crippen LogP contribution < -0.4 is 4.74 Å². The molecule has 0 aromatic heterocycles. The normalized spacial score (nSPS) is 11.1. The molecule has 0 amide bonds. The van der Waals surface area contributed by atoms with Crippen molar-refractivity contribution in [3.63, 3.8) is 0 Å². The molecule has 74 valence electrons. The summed E-state index contributed by atoms with van der Waals surface area (Å²) in [5.74, 6) is -0.565.